The van der Waals surface area contributed by atoms with Crippen molar-refractivity contribution in [3.8, 4) is 0 Å². The molecule has 0 N–H and O–H groups in total. The van der Waals surface area contributed by atoms with Gasteiger partial charge in [0.25, 0.3) is 0 Å². The summed E-state index contributed by atoms with van der Waals surface area (Å²) in [5, 5.41) is 4.59. The molecule has 3 nitrogen and oxygen atoms in total. The maximum Gasteiger partial charge on any atom is 0.150 e. The molecular weight excluding hydrogens is 294 g/mol. The molecule has 0 bridgehead atoms. The lowest BCUT2D eigenvalue weighted by Crippen LogP contribution is -2.01. The fourth-order valence-electron chi connectivity index (χ4n) is 2.89. The van der Waals surface area contributed by atoms with Crippen molar-refractivity contribution in [1.82, 2.24) is 14.8 Å². The fourth-order valence-corrected chi connectivity index (χ4v) is 2.89. The lowest BCUT2D eigenvalue weighted by atomic mass is 10.1. The highest BCUT2D eigenvalue weighted by atomic mass is 15.3. The van der Waals surface area contributed by atoms with Gasteiger partial charge in [0.1, 0.15) is 6.33 Å². The van der Waals surface area contributed by atoms with Crippen LogP contribution >= 0.6 is 0 Å². The lowest BCUT2D eigenvalue weighted by Gasteiger charge is -2.02. The van der Waals surface area contributed by atoms with Gasteiger partial charge in [0.15, 0.2) is 5.82 Å². The van der Waals surface area contributed by atoms with Gasteiger partial charge in [-0.1, -0.05) is 88.8 Å². The summed E-state index contributed by atoms with van der Waals surface area (Å²) < 4.78 is 1.93. The van der Waals surface area contributed by atoms with Gasteiger partial charge >= 0.3 is 0 Å². The molecule has 1 aromatic carbocycles. The predicted octanol–water partition coefficient (Wildman–Crippen LogP) is 5.65. The number of aromatic nitrogens is 3. The van der Waals surface area contributed by atoms with Crippen molar-refractivity contribution in [3.63, 3.8) is 0 Å². The second kappa shape index (κ2) is 10.8. The monoisotopic (exact) mass is 325 g/mol. The van der Waals surface area contributed by atoms with Gasteiger partial charge in [0.05, 0.1) is 6.54 Å². The average Bonchev–Trinajstić information content (AvgIpc) is 3.05. The highest BCUT2D eigenvalue weighted by molar-refractivity contribution is 5.47. The summed E-state index contributed by atoms with van der Waals surface area (Å²) >= 11 is 0. The lowest BCUT2D eigenvalue weighted by molar-refractivity contribution is 0.570. The van der Waals surface area contributed by atoms with Crippen LogP contribution in [0.25, 0.3) is 6.08 Å². The number of aryl methyl sites for hydroxylation is 1. The van der Waals surface area contributed by atoms with Crippen LogP contribution in [0.4, 0.5) is 0 Å². The first-order chi connectivity index (χ1) is 11.8. The Morgan fingerprint density at radius 1 is 0.958 bits per heavy atom. The summed E-state index contributed by atoms with van der Waals surface area (Å²) in [6.07, 6.45) is 15.4. The number of hydrogen-bond acceptors (Lipinski definition) is 2. The molecule has 0 atom stereocenters. The van der Waals surface area contributed by atoms with E-state index in [-0.39, 0.29) is 0 Å². The summed E-state index contributed by atoms with van der Waals surface area (Å²) in [5.74, 6) is 0.976. The molecule has 0 radical (unpaired) electrons. The molecule has 24 heavy (non-hydrogen) atoms. The highest BCUT2D eigenvalue weighted by Crippen LogP contribution is 2.10. The third-order valence-corrected chi connectivity index (χ3v) is 4.40. The van der Waals surface area contributed by atoms with Gasteiger partial charge in [-0.3, -0.25) is 0 Å². The van der Waals surface area contributed by atoms with Crippen molar-refractivity contribution in [3.05, 3.63) is 54.1 Å². The zero-order chi connectivity index (χ0) is 17.0. The van der Waals surface area contributed by atoms with E-state index in [4.69, 9.17) is 0 Å². The quantitative estimate of drug-likeness (QED) is 0.472. The summed E-state index contributed by atoms with van der Waals surface area (Å²) in [4.78, 5) is 4.44. The molecule has 2 aromatic rings. The molecule has 0 fully saturated rings. The molecule has 130 valence electrons. The number of unbranched alkanes of at least 4 members (excludes halogenated alkanes) is 7. The molecule has 3 heteroatoms. The van der Waals surface area contributed by atoms with Crippen LogP contribution in [0.15, 0.2) is 37.2 Å². The minimum Gasteiger partial charge on any atom is -0.248 e. The summed E-state index contributed by atoms with van der Waals surface area (Å²) in [5.41, 5.74) is 2.39. The van der Waals surface area contributed by atoms with Gasteiger partial charge < -0.3 is 0 Å². The van der Waals surface area contributed by atoms with Crippen molar-refractivity contribution in [2.45, 2.75) is 71.3 Å². The van der Waals surface area contributed by atoms with Crippen LogP contribution < -0.4 is 0 Å². The molecule has 0 saturated carbocycles. The summed E-state index contributed by atoms with van der Waals surface area (Å²) in [6, 6.07) is 8.41. The Labute approximate surface area is 146 Å². The summed E-state index contributed by atoms with van der Waals surface area (Å²) in [7, 11) is 0. The standard InChI is InChI=1S/C21H31N3/c1-3-5-6-7-8-9-10-11-12-21-22-18-24(23-21)17-20-15-13-19(4-2)14-16-20/h4,13-16,18H,2-3,5-12,17H2,1H3. The van der Waals surface area contributed by atoms with Crippen LogP contribution in [0.5, 0.6) is 0 Å². The van der Waals surface area contributed by atoms with Gasteiger partial charge in [-0.25, -0.2) is 9.67 Å². The number of rotatable bonds is 12. The van der Waals surface area contributed by atoms with Crippen molar-refractivity contribution >= 4 is 6.08 Å². The molecule has 2 rings (SSSR count). The van der Waals surface area contributed by atoms with E-state index >= 15 is 0 Å². The molecule has 1 heterocycles. The zero-order valence-electron chi connectivity index (χ0n) is 15.1. The summed E-state index contributed by atoms with van der Waals surface area (Å²) in [6.45, 7) is 6.83. The van der Waals surface area contributed by atoms with Crippen LogP contribution in [-0.2, 0) is 13.0 Å². The SMILES string of the molecule is C=Cc1ccc(Cn2cnc(CCCCCCCCCC)n2)cc1. The predicted molar refractivity (Wildman–Crippen MR) is 102 cm³/mol. The molecule has 0 saturated heterocycles. The highest BCUT2D eigenvalue weighted by Gasteiger charge is 2.02. The Morgan fingerprint density at radius 3 is 2.29 bits per heavy atom. The van der Waals surface area contributed by atoms with Crippen molar-refractivity contribution in [2.75, 3.05) is 0 Å². The van der Waals surface area contributed by atoms with Crippen LogP contribution in [0, 0.1) is 0 Å². The van der Waals surface area contributed by atoms with E-state index in [1.165, 1.54) is 56.9 Å². The van der Waals surface area contributed by atoms with Gasteiger partial charge in [0, 0.05) is 6.42 Å². The number of nitrogens with zero attached hydrogens (tertiary/aromatic N) is 3. The third kappa shape index (κ3) is 6.69. The molecule has 0 aliphatic heterocycles. The van der Waals surface area contributed by atoms with E-state index in [0.717, 1.165) is 24.4 Å². The van der Waals surface area contributed by atoms with Crippen LogP contribution in [-0.4, -0.2) is 14.8 Å². The smallest absolute Gasteiger partial charge is 0.150 e. The first-order valence-corrected chi connectivity index (χ1v) is 9.41. The largest absolute Gasteiger partial charge is 0.248 e. The zero-order valence-corrected chi connectivity index (χ0v) is 15.1. The number of hydrogen-bond donors (Lipinski definition) is 0. The maximum atomic E-state index is 4.59. The van der Waals surface area contributed by atoms with Gasteiger partial charge in [-0.2, -0.15) is 5.10 Å². The van der Waals surface area contributed by atoms with Crippen LogP contribution in [0.1, 0.15) is 75.2 Å². The molecule has 0 spiro atoms. The number of benzene rings is 1. The van der Waals surface area contributed by atoms with Gasteiger partial charge in [0.2, 0.25) is 0 Å². The van der Waals surface area contributed by atoms with E-state index in [2.05, 4.69) is 47.9 Å². The molecular formula is C21H31N3. The first kappa shape index (κ1) is 18.4. The molecule has 0 aliphatic rings. The van der Waals surface area contributed by atoms with E-state index in [9.17, 15) is 0 Å². The molecule has 0 aliphatic carbocycles. The Balaban J connectivity index is 1.64. The van der Waals surface area contributed by atoms with Gasteiger partial charge in [-0.05, 0) is 17.5 Å². The third-order valence-electron chi connectivity index (χ3n) is 4.40. The van der Waals surface area contributed by atoms with E-state index < -0.39 is 0 Å². The van der Waals surface area contributed by atoms with E-state index in [1.807, 2.05) is 17.1 Å². The van der Waals surface area contributed by atoms with E-state index in [1.54, 1.807) is 0 Å². The topological polar surface area (TPSA) is 30.7 Å². The molecule has 1 aromatic heterocycles. The van der Waals surface area contributed by atoms with Crippen molar-refractivity contribution < 1.29 is 0 Å². The van der Waals surface area contributed by atoms with Crippen LogP contribution in [0.2, 0.25) is 0 Å². The minimum atomic E-state index is 0.780. The fraction of sp³-hybridized carbons (Fsp3) is 0.524. The Hall–Kier alpha value is -1.90. The van der Waals surface area contributed by atoms with Crippen molar-refractivity contribution in [1.29, 1.82) is 0 Å². The van der Waals surface area contributed by atoms with Gasteiger partial charge in [-0.15, -0.1) is 0 Å². The Bertz CT molecular complexity index is 583. The normalized spacial score (nSPS) is 10.9. The minimum absolute atomic E-state index is 0.780. The second-order valence-electron chi connectivity index (χ2n) is 6.53. The Kier molecular flexibility index (Phi) is 8.29. The van der Waals surface area contributed by atoms with E-state index in [0.29, 0.717) is 0 Å². The van der Waals surface area contributed by atoms with Crippen molar-refractivity contribution in [2.24, 2.45) is 0 Å². The molecule has 0 amide bonds. The maximum absolute atomic E-state index is 4.59. The first-order valence-electron chi connectivity index (χ1n) is 9.41. The average molecular weight is 326 g/mol. The molecule has 0 unspecified atom stereocenters. The Morgan fingerprint density at radius 2 is 1.62 bits per heavy atom. The van der Waals surface area contributed by atoms with Crippen LogP contribution in [0.3, 0.4) is 0 Å². The second-order valence-corrected chi connectivity index (χ2v) is 6.53.